The van der Waals surface area contributed by atoms with Crippen LogP contribution in [0.3, 0.4) is 0 Å². The molecule has 0 saturated heterocycles. The first kappa shape index (κ1) is 6.67. The minimum Gasteiger partial charge on any atom is -0.388 e. The summed E-state index contributed by atoms with van der Waals surface area (Å²) in [7, 11) is 0. The minimum atomic E-state index is -0.210. The average molecular weight is 160 g/mol. The highest BCUT2D eigenvalue weighted by Crippen LogP contribution is 2.71. The monoisotopic (exact) mass is 160 g/mol. The van der Waals surface area contributed by atoms with E-state index >= 15 is 0 Å². The lowest BCUT2D eigenvalue weighted by Gasteiger charge is -2.13. The van der Waals surface area contributed by atoms with Gasteiger partial charge in [-0.3, -0.25) is 0 Å². The molecule has 0 aromatic heterocycles. The van der Waals surface area contributed by atoms with Gasteiger partial charge in [-0.25, -0.2) is 0 Å². The Balaban J connectivity index is 2.21. The van der Waals surface area contributed by atoms with E-state index in [2.05, 4.69) is 25.1 Å². The van der Waals surface area contributed by atoms with Gasteiger partial charge in [0.1, 0.15) is 0 Å². The third-order valence-electron chi connectivity index (χ3n) is 3.57. The quantitative estimate of drug-likeness (QED) is 0.617. The second kappa shape index (κ2) is 1.74. The topological polar surface area (TPSA) is 20.2 Å². The Morgan fingerprint density at radius 3 is 2.67 bits per heavy atom. The molecule has 62 valence electrons. The van der Waals surface area contributed by atoms with Gasteiger partial charge in [0.2, 0.25) is 0 Å². The van der Waals surface area contributed by atoms with Gasteiger partial charge < -0.3 is 5.11 Å². The van der Waals surface area contributed by atoms with Crippen LogP contribution in [-0.2, 0) is 0 Å². The van der Waals surface area contributed by atoms with Crippen molar-refractivity contribution in [3.05, 3.63) is 35.4 Å². The largest absolute Gasteiger partial charge is 0.388 e. The van der Waals surface area contributed by atoms with Gasteiger partial charge in [0.15, 0.2) is 0 Å². The van der Waals surface area contributed by atoms with Crippen LogP contribution in [-0.4, -0.2) is 5.11 Å². The fourth-order valence-corrected chi connectivity index (χ4v) is 2.58. The van der Waals surface area contributed by atoms with Crippen molar-refractivity contribution in [1.82, 2.24) is 0 Å². The third-order valence-corrected chi connectivity index (χ3v) is 3.57. The van der Waals surface area contributed by atoms with Crippen LogP contribution in [0.2, 0.25) is 0 Å². The zero-order valence-electron chi connectivity index (χ0n) is 7.12. The summed E-state index contributed by atoms with van der Waals surface area (Å²) in [6.45, 7) is 2.18. The van der Waals surface area contributed by atoms with E-state index in [4.69, 9.17) is 0 Å². The summed E-state index contributed by atoms with van der Waals surface area (Å²) in [6.07, 6.45) is 0.962. The first-order valence-corrected chi connectivity index (χ1v) is 4.50. The lowest BCUT2D eigenvalue weighted by Crippen LogP contribution is -2.05. The molecule has 1 aromatic rings. The number of aliphatic hydroxyl groups is 1. The third kappa shape index (κ3) is 0.558. The Kier molecular flexibility index (Phi) is 0.969. The Hall–Kier alpha value is -0.820. The standard InChI is InChI=1S/C11H12O/c1-11-6-9(11)7-4-2-3-5-8(7)10(11)12/h2-5,9-10,12H,6H2,1H3/t9-,10?,11-/m0/s1. The summed E-state index contributed by atoms with van der Waals surface area (Å²) in [5.74, 6) is 0.642. The second-order valence-electron chi connectivity index (χ2n) is 4.29. The van der Waals surface area contributed by atoms with Gasteiger partial charge in [-0.15, -0.1) is 0 Å². The van der Waals surface area contributed by atoms with Crippen molar-refractivity contribution in [2.45, 2.75) is 25.4 Å². The number of hydrogen-bond donors (Lipinski definition) is 1. The van der Waals surface area contributed by atoms with Crippen LogP contribution < -0.4 is 0 Å². The van der Waals surface area contributed by atoms with E-state index in [1.165, 1.54) is 12.0 Å². The molecule has 0 amide bonds. The van der Waals surface area contributed by atoms with Crippen molar-refractivity contribution >= 4 is 0 Å². The molecule has 2 aliphatic carbocycles. The van der Waals surface area contributed by atoms with Crippen LogP contribution in [0.15, 0.2) is 24.3 Å². The number of hydrogen-bond acceptors (Lipinski definition) is 1. The summed E-state index contributed by atoms with van der Waals surface area (Å²) in [5.41, 5.74) is 2.73. The molecule has 3 atom stereocenters. The summed E-state index contributed by atoms with van der Waals surface area (Å²) < 4.78 is 0. The van der Waals surface area contributed by atoms with Crippen LogP contribution in [0.4, 0.5) is 0 Å². The normalized spacial score (nSPS) is 42.2. The molecule has 0 aliphatic heterocycles. The molecule has 1 unspecified atom stereocenters. The van der Waals surface area contributed by atoms with E-state index in [0.717, 1.165) is 5.56 Å². The van der Waals surface area contributed by atoms with Gasteiger partial charge >= 0.3 is 0 Å². The molecule has 3 rings (SSSR count). The van der Waals surface area contributed by atoms with E-state index in [9.17, 15) is 5.11 Å². The molecule has 0 bridgehead atoms. The smallest absolute Gasteiger partial charge is 0.0852 e. The van der Waals surface area contributed by atoms with Crippen LogP contribution >= 0.6 is 0 Å². The number of fused-ring (bicyclic) bond motifs is 3. The van der Waals surface area contributed by atoms with Gasteiger partial charge in [0.05, 0.1) is 6.10 Å². The lowest BCUT2D eigenvalue weighted by molar-refractivity contribution is 0.111. The highest BCUT2D eigenvalue weighted by molar-refractivity contribution is 5.46. The maximum absolute atomic E-state index is 9.95. The fourth-order valence-electron chi connectivity index (χ4n) is 2.58. The molecule has 1 aromatic carbocycles. The summed E-state index contributed by atoms with van der Waals surface area (Å²) in [4.78, 5) is 0. The van der Waals surface area contributed by atoms with Gasteiger partial charge in [-0.05, 0) is 23.5 Å². The molecule has 0 spiro atoms. The summed E-state index contributed by atoms with van der Waals surface area (Å²) in [6, 6.07) is 8.28. The molecule has 12 heavy (non-hydrogen) atoms. The van der Waals surface area contributed by atoms with Crippen LogP contribution in [0.1, 0.15) is 36.5 Å². The van der Waals surface area contributed by atoms with Crippen molar-refractivity contribution in [2.75, 3.05) is 0 Å². The lowest BCUT2D eigenvalue weighted by atomic mass is 9.99. The maximum atomic E-state index is 9.95. The van der Waals surface area contributed by atoms with Crippen LogP contribution in [0, 0.1) is 5.41 Å². The van der Waals surface area contributed by atoms with E-state index in [1.54, 1.807) is 0 Å². The second-order valence-corrected chi connectivity index (χ2v) is 4.29. The molecule has 1 saturated carbocycles. The maximum Gasteiger partial charge on any atom is 0.0852 e. The molecular weight excluding hydrogens is 148 g/mol. The fraction of sp³-hybridized carbons (Fsp3) is 0.455. The predicted octanol–water partition coefficient (Wildman–Crippen LogP) is 2.23. The zero-order chi connectivity index (χ0) is 8.34. The number of aliphatic hydroxyl groups excluding tert-OH is 1. The summed E-state index contributed by atoms with van der Waals surface area (Å²) >= 11 is 0. The van der Waals surface area contributed by atoms with E-state index < -0.39 is 0 Å². The molecular formula is C11H12O. The Morgan fingerprint density at radius 1 is 1.33 bits per heavy atom. The van der Waals surface area contributed by atoms with Gasteiger partial charge in [0, 0.05) is 5.41 Å². The predicted molar refractivity (Wildman–Crippen MR) is 46.9 cm³/mol. The number of benzene rings is 1. The van der Waals surface area contributed by atoms with Crippen molar-refractivity contribution in [1.29, 1.82) is 0 Å². The molecule has 1 heteroatoms. The molecule has 1 fully saturated rings. The van der Waals surface area contributed by atoms with Gasteiger partial charge in [-0.1, -0.05) is 31.2 Å². The van der Waals surface area contributed by atoms with E-state index in [-0.39, 0.29) is 11.5 Å². The van der Waals surface area contributed by atoms with E-state index in [0.29, 0.717) is 5.92 Å². The van der Waals surface area contributed by atoms with Crippen LogP contribution in [0.25, 0.3) is 0 Å². The molecule has 0 radical (unpaired) electrons. The van der Waals surface area contributed by atoms with E-state index in [1.807, 2.05) is 6.07 Å². The van der Waals surface area contributed by atoms with Crippen LogP contribution in [0.5, 0.6) is 0 Å². The highest BCUT2D eigenvalue weighted by atomic mass is 16.3. The minimum absolute atomic E-state index is 0.184. The molecule has 1 N–H and O–H groups in total. The Morgan fingerprint density at radius 2 is 2.00 bits per heavy atom. The number of rotatable bonds is 0. The Labute approximate surface area is 72.0 Å². The van der Waals surface area contributed by atoms with Crippen molar-refractivity contribution in [2.24, 2.45) is 5.41 Å². The SMILES string of the molecule is C[C@]12C[C@H]1c1ccccc1C2O. The Bertz CT molecular complexity index is 330. The molecule has 0 heterocycles. The molecule has 2 aliphatic rings. The highest BCUT2D eigenvalue weighted by Gasteiger charge is 2.61. The zero-order valence-corrected chi connectivity index (χ0v) is 7.12. The van der Waals surface area contributed by atoms with Gasteiger partial charge in [-0.2, -0.15) is 0 Å². The van der Waals surface area contributed by atoms with Crippen molar-refractivity contribution in [3.8, 4) is 0 Å². The summed E-state index contributed by atoms with van der Waals surface area (Å²) in [5, 5.41) is 9.95. The average Bonchev–Trinajstić information content (AvgIpc) is 2.73. The first-order chi connectivity index (χ1) is 5.73. The van der Waals surface area contributed by atoms with Crippen molar-refractivity contribution in [3.63, 3.8) is 0 Å². The molecule has 1 nitrogen and oxygen atoms in total. The van der Waals surface area contributed by atoms with Gasteiger partial charge in [0.25, 0.3) is 0 Å². The first-order valence-electron chi connectivity index (χ1n) is 4.50. The van der Waals surface area contributed by atoms with Crippen molar-refractivity contribution < 1.29 is 5.11 Å².